The third kappa shape index (κ3) is 4.61. The molecule has 2 aromatic rings. The Balaban J connectivity index is 1.92. The Labute approximate surface area is 128 Å². The third-order valence-corrected chi connectivity index (χ3v) is 3.53. The molecule has 0 amide bonds. The van der Waals surface area contributed by atoms with Gasteiger partial charge in [0.2, 0.25) is 0 Å². The summed E-state index contributed by atoms with van der Waals surface area (Å²) in [7, 11) is 0. The molecule has 0 aliphatic rings. The third-order valence-electron chi connectivity index (χ3n) is 3.53. The van der Waals surface area contributed by atoms with Gasteiger partial charge in [0.1, 0.15) is 0 Å². The van der Waals surface area contributed by atoms with Crippen LogP contribution in [-0.4, -0.2) is 0 Å². The highest BCUT2D eigenvalue weighted by Gasteiger charge is 1.94. The molecule has 0 N–H and O–H groups in total. The number of benzene rings is 2. The number of hydrogen-bond acceptors (Lipinski definition) is 0. The fourth-order valence-electron chi connectivity index (χ4n) is 2.23. The lowest BCUT2D eigenvalue weighted by Crippen LogP contribution is -1.84. The average Bonchev–Trinajstić information content (AvgIpc) is 2.48. The molecule has 0 saturated carbocycles. The summed E-state index contributed by atoms with van der Waals surface area (Å²) < 4.78 is 0. The van der Waals surface area contributed by atoms with Crippen molar-refractivity contribution >= 4 is 5.57 Å². The molecule has 0 atom stereocenters. The van der Waals surface area contributed by atoms with Crippen LogP contribution in [0.4, 0.5) is 0 Å². The molecular formula is C21H22. The van der Waals surface area contributed by atoms with Crippen molar-refractivity contribution in [1.82, 2.24) is 0 Å². The van der Waals surface area contributed by atoms with Crippen LogP contribution in [-0.2, 0) is 6.42 Å². The van der Waals surface area contributed by atoms with E-state index in [0.717, 1.165) is 12.0 Å². The van der Waals surface area contributed by atoms with Crippen molar-refractivity contribution in [3.63, 3.8) is 0 Å². The maximum absolute atomic E-state index is 4.12. The van der Waals surface area contributed by atoms with Crippen molar-refractivity contribution in [2.75, 3.05) is 0 Å². The van der Waals surface area contributed by atoms with Gasteiger partial charge in [0.15, 0.2) is 0 Å². The highest BCUT2D eigenvalue weighted by Crippen LogP contribution is 2.15. The Hall–Kier alpha value is -2.34. The molecule has 0 aromatic heterocycles. The van der Waals surface area contributed by atoms with Gasteiger partial charge in [0.25, 0.3) is 0 Å². The second-order valence-corrected chi connectivity index (χ2v) is 5.31. The fraction of sp³-hybridized carbons (Fsp3) is 0.143. The highest BCUT2D eigenvalue weighted by molar-refractivity contribution is 5.72. The number of hydrogen-bond donors (Lipinski definition) is 0. The van der Waals surface area contributed by atoms with Crippen LogP contribution in [0.25, 0.3) is 5.57 Å². The minimum Gasteiger partial charge on any atom is -0.0912 e. The summed E-state index contributed by atoms with van der Waals surface area (Å²) in [5, 5.41) is 0. The standard InChI is InChI=1S/C21H22/c1-17-10-9-15-21(16-17)19(3)11-5-4-6-13-20-14-8-7-12-18(20)2/h4-12,14-16H,3,13H2,1-2H3/b6-4-,11-5-. The Kier molecular flexibility index (Phi) is 5.34. The minimum atomic E-state index is 0.966. The van der Waals surface area contributed by atoms with E-state index in [-0.39, 0.29) is 0 Å². The van der Waals surface area contributed by atoms with Gasteiger partial charge in [0, 0.05) is 0 Å². The average molecular weight is 274 g/mol. The molecule has 0 aliphatic heterocycles. The number of allylic oxidation sites excluding steroid dienone is 5. The molecule has 0 saturated heterocycles. The second-order valence-electron chi connectivity index (χ2n) is 5.31. The summed E-state index contributed by atoms with van der Waals surface area (Å²) in [4.78, 5) is 0. The smallest absolute Gasteiger partial charge is 0.00917 e. The van der Waals surface area contributed by atoms with E-state index in [1.807, 2.05) is 0 Å². The number of rotatable bonds is 5. The second kappa shape index (κ2) is 7.44. The van der Waals surface area contributed by atoms with E-state index in [2.05, 4.69) is 93.3 Å². The maximum atomic E-state index is 4.12. The minimum absolute atomic E-state index is 0.966. The first-order valence-electron chi connectivity index (χ1n) is 7.30. The van der Waals surface area contributed by atoms with Crippen molar-refractivity contribution in [2.24, 2.45) is 0 Å². The highest BCUT2D eigenvalue weighted by atomic mass is 14.0. The van der Waals surface area contributed by atoms with Crippen LogP contribution in [0, 0.1) is 13.8 Å². The lowest BCUT2D eigenvalue weighted by molar-refractivity contribution is 1.21. The monoisotopic (exact) mass is 274 g/mol. The first-order valence-corrected chi connectivity index (χ1v) is 7.30. The molecule has 0 spiro atoms. The summed E-state index contributed by atoms with van der Waals surface area (Å²) in [6.07, 6.45) is 9.36. The van der Waals surface area contributed by atoms with Crippen molar-refractivity contribution in [3.05, 3.63) is 102 Å². The van der Waals surface area contributed by atoms with Gasteiger partial charge < -0.3 is 0 Å². The number of aryl methyl sites for hydroxylation is 2. The zero-order chi connectivity index (χ0) is 15.1. The molecule has 0 heterocycles. The Morgan fingerprint density at radius 3 is 2.57 bits per heavy atom. The van der Waals surface area contributed by atoms with E-state index in [4.69, 9.17) is 0 Å². The summed E-state index contributed by atoms with van der Waals surface area (Å²) in [5.74, 6) is 0. The summed E-state index contributed by atoms with van der Waals surface area (Å²) in [6, 6.07) is 16.9. The van der Waals surface area contributed by atoms with Crippen LogP contribution in [0.3, 0.4) is 0 Å². The van der Waals surface area contributed by atoms with Crippen LogP contribution in [0.5, 0.6) is 0 Å². The van der Waals surface area contributed by atoms with Gasteiger partial charge in [0.05, 0.1) is 0 Å². The van der Waals surface area contributed by atoms with E-state index >= 15 is 0 Å². The molecule has 0 radical (unpaired) electrons. The zero-order valence-electron chi connectivity index (χ0n) is 12.8. The molecule has 106 valence electrons. The van der Waals surface area contributed by atoms with Crippen LogP contribution < -0.4 is 0 Å². The van der Waals surface area contributed by atoms with Gasteiger partial charge in [-0.3, -0.25) is 0 Å². The van der Waals surface area contributed by atoms with Crippen LogP contribution >= 0.6 is 0 Å². The first kappa shape index (κ1) is 15.1. The molecule has 0 heteroatoms. The van der Waals surface area contributed by atoms with Crippen molar-refractivity contribution in [2.45, 2.75) is 20.3 Å². The summed E-state index contributed by atoms with van der Waals surface area (Å²) in [6.45, 7) is 8.37. The van der Waals surface area contributed by atoms with Gasteiger partial charge >= 0.3 is 0 Å². The SMILES string of the molecule is C=C(/C=C\C=C/Cc1ccccc1C)c1cccc(C)c1. The van der Waals surface area contributed by atoms with Crippen molar-refractivity contribution in [1.29, 1.82) is 0 Å². The quantitative estimate of drug-likeness (QED) is 0.616. The van der Waals surface area contributed by atoms with Crippen LogP contribution in [0.1, 0.15) is 22.3 Å². The predicted molar refractivity (Wildman–Crippen MR) is 93.4 cm³/mol. The van der Waals surface area contributed by atoms with Crippen molar-refractivity contribution < 1.29 is 0 Å². The topological polar surface area (TPSA) is 0 Å². The molecule has 2 aromatic carbocycles. The van der Waals surface area contributed by atoms with E-state index < -0.39 is 0 Å². The normalized spacial score (nSPS) is 11.3. The Bertz CT molecular complexity index is 672. The van der Waals surface area contributed by atoms with Gasteiger partial charge in [-0.15, -0.1) is 0 Å². The molecule has 2 rings (SSSR count). The van der Waals surface area contributed by atoms with Crippen LogP contribution in [0.15, 0.2) is 79.4 Å². The van der Waals surface area contributed by atoms with E-state index in [0.29, 0.717) is 0 Å². The molecule has 0 bridgehead atoms. The lowest BCUT2D eigenvalue weighted by atomic mass is 10.0. The molecule has 21 heavy (non-hydrogen) atoms. The fourth-order valence-corrected chi connectivity index (χ4v) is 2.23. The lowest BCUT2D eigenvalue weighted by Gasteiger charge is -2.01. The van der Waals surface area contributed by atoms with Crippen LogP contribution in [0.2, 0.25) is 0 Å². The van der Waals surface area contributed by atoms with E-state index in [1.165, 1.54) is 22.3 Å². The Morgan fingerprint density at radius 1 is 1.00 bits per heavy atom. The van der Waals surface area contributed by atoms with Gasteiger partial charge in [-0.1, -0.05) is 85.0 Å². The van der Waals surface area contributed by atoms with Gasteiger partial charge in [-0.25, -0.2) is 0 Å². The maximum Gasteiger partial charge on any atom is -0.00917 e. The molecular weight excluding hydrogens is 252 g/mol. The predicted octanol–water partition coefficient (Wildman–Crippen LogP) is 5.67. The zero-order valence-corrected chi connectivity index (χ0v) is 12.8. The van der Waals surface area contributed by atoms with E-state index in [9.17, 15) is 0 Å². The van der Waals surface area contributed by atoms with E-state index in [1.54, 1.807) is 0 Å². The first-order chi connectivity index (χ1) is 10.2. The van der Waals surface area contributed by atoms with Crippen molar-refractivity contribution in [3.8, 4) is 0 Å². The van der Waals surface area contributed by atoms with Gasteiger partial charge in [-0.05, 0) is 42.5 Å². The summed E-state index contributed by atoms with van der Waals surface area (Å²) in [5.41, 5.74) is 6.20. The Morgan fingerprint density at radius 2 is 1.81 bits per heavy atom. The molecule has 0 fully saturated rings. The summed E-state index contributed by atoms with van der Waals surface area (Å²) >= 11 is 0. The largest absolute Gasteiger partial charge is 0.0912 e. The van der Waals surface area contributed by atoms with Gasteiger partial charge in [-0.2, -0.15) is 0 Å². The molecule has 0 unspecified atom stereocenters. The molecule has 0 nitrogen and oxygen atoms in total. The molecule has 0 aliphatic carbocycles.